The summed E-state index contributed by atoms with van der Waals surface area (Å²) in [5, 5.41) is 5.90. The molecular formula is C32H36ClN9. The first-order chi connectivity index (χ1) is 20.4. The molecule has 0 bridgehead atoms. The van der Waals surface area contributed by atoms with E-state index in [9.17, 15) is 0 Å². The van der Waals surface area contributed by atoms with E-state index in [0.29, 0.717) is 28.9 Å². The Bertz CT molecular complexity index is 1730. The third kappa shape index (κ3) is 5.17. The zero-order valence-corrected chi connectivity index (χ0v) is 24.8. The van der Waals surface area contributed by atoms with Gasteiger partial charge in [0.1, 0.15) is 17.8 Å². The lowest BCUT2D eigenvalue weighted by Crippen LogP contribution is -2.49. The lowest BCUT2D eigenvalue weighted by atomic mass is 9.89. The first-order valence-corrected chi connectivity index (χ1v) is 15.1. The van der Waals surface area contributed by atoms with Crippen molar-refractivity contribution in [2.45, 2.75) is 44.7 Å². The van der Waals surface area contributed by atoms with Gasteiger partial charge in [0.2, 0.25) is 5.95 Å². The summed E-state index contributed by atoms with van der Waals surface area (Å²) >= 11 is 6.26. The molecule has 0 radical (unpaired) electrons. The molecule has 1 aliphatic heterocycles. The molecule has 0 atom stereocenters. The van der Waals surface area contributed by atoms with Crippen LogP contribution in [0.2, 0.25) is 5.02 Å². The number of nitrogen functional groups attached to an aromatic ring is 1. The summed E-state index contributed by atoms with van der Waals surface area (Å²) in [5.74, 6) is 1.04. The third-order valence-electron chi connectivity index (χ3n) is 9.08. The maximum atomic E-state index is 6.45. The topological polar surface area (TPSA) is 101 Å². The van der Waals surface area contributed by atoms with Crippen molar-refractivity contribution in [3.63, 3.8) is 0 Å². The predicted octanol–water partition coefficient (Wildman–Crippen LogP) is 6.06. The van der Waals surface area contributed by atoms with Crippen LogP contribution in [0, 0.1) is 6.92 Å². The molecule has 2 aliphatic rings. The summed E-state index contributed by atoms with van der Waals surface area (Å²) in [5.41, 5.74) is 12.3. The number of halogens is 1. The summed E-state index contributed by atoms with van der Waals surface area (Å²) in [4.78, 5) is 23.4. The van der Waals surface area contributed by atoms with E-state index < -0.39 is 0 Å². The number of nitrogens with one attached hydrogen (secondary N) is 1. The number of nitrogens with two attached hydrogens (primary N) is 1. The highest BCUT2D eigenvalue weighted by Crippen LogP contribution is 2.39. The van der Waals surface area contributed by atoms with Gasteiger partial charge in [-0.15, -0.1) is 0 Å². The number of hydrogen-bond donors (Lipinski definition) is 2. The Morgan fingerprint density at radius 1 is 0.929 bits per heavy atom. The molecule has 0 spiro atoms. The highest BCUT2D eigenvalue weighted by molar-refractivity contribution is 6.31. The number of hydrogen-bond acceptors (Lipinski definition) is 8. The van der Waals surface area contributed by atoms with Gasteiger partial charge in [-0.2, -0.15) is 0 Å². The fourth-order valence-electron chi connectivity index (χ4n) is 6.68. The van der Waals surface area contributed by atoms with E-state index in [1.165, 1.54) is 39.0 Å². The molecule has 9 nitrogen and oxygen atoms in total. The van der Waals surface area contributed by atoms with E-state index in [0.717, 1.165) is 57.2 Å². The number of piperazine rings is 1. The first-order valence-electron chi connectivity index (χ1n) is 14.8. The highest BCUT2D eigenvalue weighted by Gasteiger charge is 2.30. The number of benzene rings is 2. The van der Waals surface area contributed by atoms with Crippen LogP contribution in [0.4, 0.5) is 17.5 Å². The van der Waals surface area contributed by atoms with Gasteiger partial charge in [0, 0.05) is 72.3 Å². The average molecular weight is 582 g/mol. The largest absolute Gasteiger partial charge is 0.383 e. The normalized spacial score (nSPS) is 20.4. The van der Waals surface area contributed by atoms with Gasteiger partial charge in [0.05, 0.1) is 10.9 Å². The monoisotopic (exact) mass is 581 g/mol. The van der Waals surface area contributed by atoms with Crippen LogP contribution in [-0.4, -0.2) is 73.6 Å². The number of nitrogens with zero attached hydrogens (tertiary/aromatic N) is 7. The van der Waals surface area contributed by atoms with Crippen molar-refractivity contribution >= 4 is 51.0 Å². The Balaban J connectivity index is 1.12. The molecule has 0 unspecified atom stereocenters. The van der Waals surface area contributed by atoms with E-state index in [4.69, 9.17) is 22.3 Å². The minimum atomic E-state index is 0.405. The van der Waals surface area contributed by atoms with Crippen LogP contribution in [0.25, 0.3) is 33.1 Å². The fraction of sp³-hybridized carbons (Fsp3) is 0.375. The molecule has 4 heterocycles. The van der Waals surface area contributed by atoms with Crippen LogP contribution >= 0.6 is 11.6 Å². The summed E-state index contributed by atoms with van der Waals surface area (Å²) < 4.78 is 2.35. The second-order valence-corrected chi connectivity index (χ2v) is 12.2. The highest BCUT2D eigenvalue weighted by atomic mass is 35.5. The van der Waals surface area contributed by atoms with E-state index in [1.54, 1.807) is 6.33 Å². The smallest absolute Gasteiger partial charge is 0.227 e. The van der Waals surface area contributed by atoms with Gasteiger partial charge >= 0.3 is 0 Å². The zero-order chi connectivity index (χ0) is 28.8. The molecular weight excluding hydrogens is 546 g/mol. The van der Waals surface area contributed by atoms with Crippen molar-refractivity contribution in [2.75, 3.05) is 44.3 Å². The van der Waals surface area contributed by atoms with Crippen molar-refractivity contribution in [1.29, 1.82) is 0 Å². The molecule has 0 amide bonds. The number of aryl methyl sites for hydroxylation is 1. The summed E-state index contributed by atoms with van der Waals surface area (Å²) in [6.45, 7) is 6.70. The van der Waals surface area contributed by atoms with E-state index in [-0.39, 0.29) is 0 Å². The third-order valence-corrected chi connectivity index (χ3v) is 9.29. The van der Waals surface area contributed by atoms with Crippen molar-refractivity contribution in [3.05, 3.63) is 65.7 Å². The first kappa shape index (κ1) is 27.1. The zero-order valence-electron chi connectivity index (χ0n) is 24.1. The van der Waals surface area contributed by atoms with Crippen molar-refractivity contribution in [3.8, 4) is 11.1 Å². The standard InChI is InChI=1S/C32H36ClN9/c1-20-15-22(33)16-28-26(20)17-35-32(39-28)38-23-5-3-21(4-6-23)27-18-42(31-29(27)30(34)36-19-37-31)25-9-7-24(8-10-25)41-13-11-40(2)12-14-41/h3-6,15-19,24-25H,7-14H2,1-2H3,(H2,34,36,37)(H,35,38,39)/t24-,25+. The summed E-state index contributed by atoms with van der Waals surface area (Å²) in [6, 6.07) is 13.1. The van der Waals surface area contributed by atoms with Crippen molar-refractivity contribution in [2.24, 2.45) is 0 Å². The maximum Gasteiger partial charge on any atom is 0.227 e. The quantitative estimate of drug-likeness (QED) is 0.258. The van der Waals surface area contributed by atoms with Crippen LogP contribution in [-0.2, 0) is 0 Å². The number of rotatable bonds is 5. The maximum absolute atomic E-state index is 6.45. The number of anilines is 3. The molecule has 1 saturated carbocycles. The lowest BCUT2D eigenvalue weighted by molar-refractivity contribution is 0.0828. The SMILES string of the molecule is Cc1cc(Cl)cc2nc(Nc3ccc(-c4cn([C@H]5CC[C@@H](N6CCN(C)CC6)CC5)c5ncnc(N)c45)cc3)ncc12. The van der Waals surface area contributed by atoms with Gasteiger partial charge in [0.15, 0.2) is 0 Å². The number of fused-ring (bicyclic) bond motifs is 2. The summed E-state index contributed by atoms with van der Waals surface area (Å²) in [6.07, 6.45) is 10.4. The van der Waals surface area contributed by atoms with Crippen LogP contribution in [0.1, 0.15) is 37.3 Å². The molecule has 7 rings (SSSR count). The molecule has 3 aromatic heterocycles. The average Bonchev–Trinajstić information content (AvgIpc) is 3.39. The molecule has 1 aliphatic carbocycles. The van der Waals surface area contributed by atoms with E-state index >= 15 is 0 Å². The van der Waals surface area contributed by atoms with Gasteiger partial charge in [-0.25, -0.2) is 19.9 Å². The number of likely N-dealkylation sites (N-methyl/N-ethyl adjacent to an activating group) is 1. The van der Waals surface area contributed by atoms with E-state index in [1.807, 2.05) is 37.4 Å². The molecule has 2 aromatic carbocycles. The molecule has 5 aromatic rings. The Morgan fingerprint density at radius 2 is 1.67 bits per heavy atom. The minimum Gasteiger partial charge on any atom is -0.383 e. The Kier molecular flexibility index (Phi) is 7.17. The molecule has 10 heteroatoms. The molecule has 42 heavy (non-hydrogen) atoms. The van der Waals surface area contributed by atoms with Crippen LogP contribution in [0.5, 0.6) is 0 Å². The fourth-order valence-corrected chi connectivity index (χ4v) is 6.95. The van der Waals surface area contributed by atoms with Crippen molar-refractivity contribution in [1.82, 2.24) is 34.3 Å². The van der Waals surface area contributed by atoms with Crippen molar-refractivity contribution < 1.29 is 0 Å². The minimum absolute atomic E-state index is 0.405. The van der Waals surface area contributed by atoms with E-state index in [2.05, 4.69) is 60.0 Å². The Morgan fingerprint density at radius 3 is 2.43 bits per heavy atom. The van der Waals surface area contributed by atoms with Gasteiger partial charge in [-0.3, -0.25) is 4.90 Å². The Labute approximate surface area is 250 Å². The predicted molar refractivity (Wildman–Crippen MR) is 170 cm³/mol. The second kappa shape index (κ2) is 11.1. The van der Waals surface area contributed by atoms with Gasteiger partial charge in [0.25, 0.3) is 0 Å². The molecule has 3 N–H and O–H groups in total. The van der Waals surface area contributed by atoms with Gasteiger partial charge < -0.3 is 20.5 Å². The van der Waals surface area contributed by atoms with Gasteiger partial charge in [-0.1, -0.05) is 23.7 Å². The van der Waals surface area contributed by atoms with Crippen LogP contribution < -0.4 is 11.1 Å². The number of aromatic nitrogens is 5. The lowest BCUT2D eigenvalue weighted by Gasteiger charge is -2.41. The molecule has 1 saturated heterocycles. The summed E-state index contributed by atoms with van der Waals surface area (Å²) in [7, 11) is 2.22. The van der Waals surface area contributed by atoms with Gasteiger partial charge in [-0.05, 0) is 75.0 Å². The second-order valence-electron chi connectivity index (χ2n) is 11.8. The molecule has 2 fully saturated rings. The molecule has 216 valence electrons. The van der Waals surface area contributed by atoms with Crippen LogP contribution in [0.3, 0.4) is 0 Å². The Hall–Kier alpha value is -3.79. The van der Waals surface area contributed by atoms with Crippen LogP contribution in [0.15, 0.2) is 55.1 Å².